The van der Waals surface area contributed by atoms with E-state index in [1.54, 1.807) is 37.4 Å². The molecule has 2 heterocycles. The van der Waals surface area contributed by atoms with E-state index in [-0.39, 0.29) is 5.97 Å². The number of anilines is 2. The molecule has 22 heavy (non-hydrogen) atoms. The van der Waals surface area contributed by atoms with Crippen molar-refractivity contribution in [2.45, 2.75) is 6.92 Å². The number of fused-ring (bicyclic) bond motifs is 1. The topological polar surface area (TPSA) is 77.0 Å². The highest BCUT2D eigenvalue weighted by Crippen LogP contribution is 2.21. The maximum Gasteiger partial charge on any atom is 0.338 e. The normalized spacial score (nSPS) is 10.4. The van der Waals surface area contributed by atoms with Crippen LogP contribution in [0.3, 0.4) is 0 Å². The van der Waals surface area contributed by atoms with Crippen molar-refractivity contribution in [2.75, 3.05) is 11.9 Å². The van der Waals surface area contributed by atoms with Gasteiger partial charge in [0.25, 0.3) is 0 Å². The highest BCUT2D eigenvalue weighted by atomic mass is 16.5. The van der Waals surface area contributed by atoms with Crippen LogP contribution in [0.5, 0.6) is 0 Å². The van der Waals surface area contributed by atoms with E-state index < -0.39 is 0 Å². The van der Waals surface area contributed by atoms with Crippen molar-refractivity contribution in [1.29, 1.82) is 0 Å². The lowest BCUT2D eigenvalue weighted by molar-refractivity contribution is 0.0526. The summed E-state index contributed by atoms with van der Waals surface area (Å²) >= 11 is 0. The summed E-state index contributed by atoms with van der Waals surface area (Å²) in [5.74, 6) is 0.340. The Bertz CT molecular complexity index is 797. The summed E-state index contributed by atoms with van der Waals surface area (Å²) in [5.41, 5.74) is 1.96. The Kier molecular flexibility index (Phi) is 3.91. The lowest BCUT2D eigenvalue weighted by Gasteiger charge is -2.08. The lowest BCUT2D eigenvalue weighted by atomic mass is 10.2. The van der Waals surface area contributed by atoms with Crippen LogP contribution in [0.15, 0.2) is 48.9 Å². The van der Waals surface area contributed by atoms with Crippen LogP contribution in [-0.4, -0.2) is 27.5 Å². The molecule has 1 aromatic carbocycles. The van der Waals surface area contributed by atoms with Crippen LogP contribution in [0.2, 0.25) is 0 Å². The molecule has 0 amide bonds. The average Bonchev–Trinajstić information content (AvgIpc) is 2.56. The number of benzene rings is 1. The molecule has 110 valence electrons. The monoisotopic (exact) mass is 294 g/mol. The summed E-state index contributed by atoms with van der Waals surface area (Å²) in [6, 6.07) is 10.8. The van der Waals surface area contributed by atoms with E-state index in [9.17, 15) is 4.79 Å². The maximum absolute atomic E-state index is 11.6. The fourth-order valence-electron chi connectivity index (χ4n) is 2.04. The molecule has 0 unspecified atom stereocenters. The number of hydrogen-bond acceptors (Lipinski definition) is 6. The molecule has 0 atom stereocenters. The number of rotatable bonds is 4. The molecular formula is C16H14N4O2. The molecule has 0 bridgehead atoms. The molecule has 0 fully saturated rings. The molecule has 0 saturated heterocycles. The maximum atomic E-state index is 11.6. The third-order valence-electron chi connectivity index (χ3n) is 3.07. The van der Waals surface area contributed by atoms with Gasteiger partial charge in [0.2, 0.25) is 0 Å². The van der Waals surface area contributed by atoms with Gasteiger partial charge in [0.05, 0.1) is 17.6 Å². The van der Waals surface area contributed by atoms with Gasteiger partial charge >= 0.3 is 5.97 Å². The minimum Gasteiger partial charge on any atom is -0.462 e. The first-order valence-electron chi connectivity index (χ1n) is 6.88. The van der Waals surface area contributed by atoms with Crippen molar-refractivity contribution in [1.82, 2.24) is 15.0 Å². The van der Waals surface area contributed by atoms with E-state index in [1.807, 2.05) is 12.1 Å². The fourth-order valence-corrected chi connectivity index (χ4v) is 2.04. The van der Waals surface area contributed by atoms with Crippen molar-refractivity contribution < 1.29 is 9.53 Å². The summed E-state index contributed by atoms with van der Waals surface area (Å²) in [4.78, 5) is 24.2. The summed E-state index contributed by atoms with van der Waals surface area (Å²) < 4.78 is 4.96. The smallest absolute Gasteiger partial charge is 0.338 e. The highest BCUT2D eigenvalue weighted by Gasteiger charge is 2.07. The van der Waals surface area contributed by atoms with Crippen molar-refractivity contribution >= 4 is 28.5 Å². The van der Waals surface area contributed by atoms with Gasteiger partial charge in [-0.2, -0.15) is 0 Å². The summed E-state index contributed by atoms with van der Waals surface area (Å²) in [6.45, 7) is 2.14. The van der Waals surface area contributed by atoms with Gasteiger partial charge in [-0.15, -0.1) is 0 Å². The zero-order valence-corrected chi connectivity index (χ0v) is 12.0. The van der Waals surface area contributed by atoms with Crippen LogP contribution in [0, 0.1) is 0 Å². The number of ether oxygens (including phenoxy) is 1. The van der Waals surface area contributed by atoms with Crippen molar-refractivity contribution in [3.8, 4) is 0 Å². The second-order valence-electron chi connectivity index (χ2n) is 4.52. The number of hydrogen-bond donors (Lipinski definition) is 1. The van der Waals surface area contributed by atoms with Gasteiger partial charge in [-0.25, -0.2) is 19.7 Å². The molecule has 0 aliphatic rings. The molecule has 3 rings (SSSR count). The molecule has 1 N–H and O–H groups in total. The minimum atomic E-state index is -0.328. The number of nitrogens with zero attached hydrogens (tertiary/aromatic N) is 3. The van der Waals surface area contributed by atoms with E-state index in [0.29, 0.717) is 23.6 Å². The van der Waals surface area contributed by atoms with E-state index in [0.717, 1.165) is 11.1 Å². The Hall–Kier alpha value is -3.02. The van der Waals surface area contributed by atoms with E-state index >= 15 is 0 Å². The molecule has 2 aromatic heterocycles. The molecule has 0 radical (unpaired) electrons. The molecule has 0 spiro atoms. The second-order valence-corrected chi connectivity index (χ2v) is 4.52. The van der Waals surface area contributed by atoms with E-state index in [1.165, 1.54) is 6.33 Å². The Labute approximate surface area is 127 Å². The quantitative estimate of drug-likeness (QED) is 0.745. The zero-order valence-electron chi connectivity index (χ0n) is 12.0. The van der Waals surface area contributed by atoms with Gasteiger partial charge in [0, 0.05) is 11.9 Å². The lowest BCUT2D eigenvalue weighted by Crippen LogP contribution is -2.04. The largest absolute Gasteiger partial charge is 0.462 e. The molecule has 3 aromatic rings. The molecule has 0 aliphatic heterocycles. The number of carbonyl (C=O) groups excluding carboxylic acids is 1. The van der Waals surface area contributed by atoms with Crippen LogP contribution < -0.4 is 5.32 Å². The molecule has 6 nitrogen and oxygen atoms in total. The van der Waals surface area contributed by atoms with Crippen LogP contribution in [0.25, 0.3) is 11.0 Å². The van der Waals surface area contributed by atoms with Crippen LogP contribution in [-0.2, 0) is 4.74 Å². The van der Waals surface area contributed by atoms with Gasteiger partial charge in [-0.1, -0.05) is 0 Å². The molecule has 0 saturated carbocycles. The SMILES string of the molecule is CCOC(=O)c1ccc(Nc2ncnc3ncccc23)cc1. The summed E-state index contributed by atoms with van der Waals surface area (Å²) in [5, 5.41) is 4.03. The zero-order chi connectivity index (χ0) is 15.4. The molecule has 0 aliphatic carbocycles. The van der Waals surface area contributed by atoms with Crippen LogP contribution >= 0.6 is 0 Å². The van der Waals surface area contributed by atoms with Gasteiger partial charge < -0.3 is 10.1 Å². The summed E-state index contributed by atoms with van der Waals surface area (Å²) in [7, 11) is 0. The Morgan fingerprint density at radius 1 is 1.14 bits per heavy atom. The number of esters is 1. The fraction of sp³-hybridized carbons (Fsp3) is 0.125. The Balaban J connectivity index is 1.85. The Morgan fingerprint density at radius 3 is 2.73 bits per heavy atom. The first-order valence-corrected chi connectivity index (χ1v) is 6.88. The number of nitrogens with one attached hydrogen (secondary N) is 1. The summed E-state index contributed by atoms with van der Waals surface area (Å²) in [6.07, 6.45) is 3.15. The van der Waals surface area contributed by atoms with Crippen molar-refractivity contribution in [3.05, 3.63) is 54.5 Å². The third-order valence-corrected chi connectivity index (χ3v) is 3.07. The second kappa shape index (κ2) is 6.17. The van der Waals surface area contributed by atoms with Gasteiger partial charge in [0.1, 0.15) is 12.1 Å². The van der Waals surface area contributed by atoms with Crippen molar-refractivity contribution in [2.24, 2.45) is 0 Å². The highest BCUT2D eigenvalue weighted by molar-refractivity contribution is 5.91. The molecule has 6 heteroatoms. The van der Waals surface area contributed by atoms with Crippen molar-refractivity contribution in [3.63, 3.8) is 0 Å². The third kappa shape index (κ3) is 2.85. The van der Waals surface area contributed by atoms with E-state index in [2.05, 4.69) is 20.3 Å². The average molecular weight is 294 g/mol. The van der Waals surface area contributed by atoms with Crippen LogP contribution in [0.4, 0.5) is 11.5 Å². The van der Waals surface area contributed by atoms with Gasteiger partial charge in [0.15, 0.2) is 5.65 Å². The number of pyridine rings is 1. The van der Waals surface area contributed by atoms with E-state index in [4.69, 9.17) is 4.74 Å². The predicted molar refractivity (Wildman–Crippen MR) is 83.0 cm³/mol. The minimum absolute atomic E-state index is 0.328. The Morgan fingerprint density at radius 2 is 1.95 bits per heavy atom. The van der Waals surface area contributed by atoms with Gasteiger partial charge in [-0.05, 0) is 43.3 Å². The van der Waals surface area contributed by atoms with Crippen LogP contribution in [0.1, 0.15) is 17.3 Å². The number of aromatic nitrogens is 3. The molecular weight excluding hydrogens is 280 g/mol. The van der Waals surface area contributed by atoms with Gasteiger partial charge in [-0.3, -0.25) is 0 Å². The first kappa shape index (κ1) is 13.9. The predicted octanol–water partition coefficient (Wildman–Crippen LogP) is 2.95. The standard InChI is InChI=1S/C16H14N4O2/c1-2-22-16(21)11-5-7-12(8-6-11)20-15-13-4-3-9-17-14(13)18-10-19-15/h3-10H,2H2,1H3,(H,17,18,19,20). The number of carbonyl (C=O) groups is 1. The first-order chi connectivity index (χ1) is 10.8.